The maximum atomic E-state index is 13.9. The second-order valence-electron chi connectivity index (χ2n) is 6.26. The van der Waals surface area contributed by atoms with Crippen molar-refractivity contribution in [1.29, 1.82) is 0 Å². The third kappa shape index (κ3) is 3.35. The highest BCUT2D eigenvalue weighted by molar-refractivity contribution is 6.31. The van der Waals surface area contributed by atoms with Crippen molar-refractivity contribution in [2.75, 3.05) is 32.6 Å². The van der Waals surface area contributed by atoms with Crippen molar-refractivity contribution in [3.8, 4) is 16.9 Å². The van der Waals surface area contributed by atoms with Gasteiger partial charge in [0.05, 0.1) is 13.3 Å². The summed E-state index contributed by atoms with van der Waals surface area (Å²) in [5.41, 5.74) is 2.65. The van der Waals surface area contributed by atoms with Crippen LogP contribution in [0, 0.1) is 5.82 Å². The quantitative estimate of drug-likeness (QED) is 0.800. The molecule has 0 unspecified atom stereocenters. The molecule has 0 saturated carbocycles. The second-order valence-corrected chi connectivity index (χ2v) is 6.69. The highest BCUT2D eigenvalue weighted by atomic mass is 35.5. The Morgan fingerprint density at radius 1 is 1.25 bits per heavy atom. The van der Waals surface area contributed by atoms with Crippen LogP contribution in [0.15, 0.2) is 36.4 Å². The van der Waals surface area contributed by atoms with E-state index in [0.717, 1.165) is 29.8 Å². The molecule has 1 saturated heterocycles. The first-order valence-corrected chi connectivity index (χ1v) is 8.45. The summed E-state index contributed by atoms with van der Waals surface area (Å²) < 4.78 is 19.2. The van der Waals surface area contributed by atoms with Crippen LogP contribution >= 0.6 is 11.6 Å². The van der Waals surface area contributed by atoms with Gasteiger partial charge in [-0.1, -0.05) is 11.6 Å². The van der Waals surface area contributed by atoms with E-state index in [0.29, 0.717) is 16.9 Å². The zero-order valence-corrected chi connectivity index (χ0v) is 15.0. The van der Waals surface area contributed by atoms with Crippen LogP contribution in [0.3, 0.4) is 0 Å². The lowest BCUT2D eigenvalue weighted by atomic mass is 10.0. The fourth-order valence-electron chi connectivity index (χ4n) is 3.43. The molecule has 1 fully saturated rings. The molecule has 0 aromatic heterocycles. The summed E-state index contributed by atoms with van der Waals surface area (Å²) in [7, 11) is 5.78. The Kier molecular flexibility index (Phi) is 4.97. The van der Waals surface area contributed by atoms with E-state index in [1.54, 1.807) is 19.2 Å². The summed E-state index contributed by atoms with van der Waals surface area (Å²) in [6.45, 7) is 1.08. The molecule has 0 spiro atoms. The Labute approximate surface area is 147 Å². The molecule has 0 aliphatic carbocycles. The number of hydrogen-bond donors (Lipinski definition) is 0. The lowest BCUT2D eigenvalue weighted by molar-refractivity contribution is 0.308. The van der Waals surface area contributed by atoms with Crippen LogP contribution in [-0.2, 0) is 0 Å². The minimum atomic E-state index is -0.263. The molecule has 128 valence electrons. The molecule has 2 aromatic carbocycles. The van der Waals surface area contributed by atoms with E-state index in [4.69, 9.17) is 16.3 Å². The summed E-state index contributed by atoms with van der Waals surface area (Å²) in [5, 5.41) is 0.570. The smallest absolute Gasteiger partial charge is 0.123 e. The lowest BCUT2D eigenvalue weighted by Gasteiger charge is -2.33. The number of halogens is 2. The van der Waals surface area contributed by atoms with Crippen LogP contribution < -0.4 is 9.64 Å². The fraction of sp³-hybridized carbons (Fsp3) is 0.368. The van der Waals surface area contributed by atoms with Crippen molar-refractivity contribution in [2.45, 2.75) is 19.0 Å². The molecule has 2 aromatic rings. The number of ether oxygens (including phenoxy) is 1. The molecular weight excluding hydrogens is 327 g/mol. The number of rotatable bonds is 4. The standard InChI is InChI=1S/C19H22ClFN2O/c1-22-8-4-5-19(22)23(2)18-7-6-15(21)12-17(18)13-9-14(20)11-16(10-13)24-3/h6-7,9-12,19H,4-5,8H2,1-3H3/t19-/m0/s1. The first-order valence-electron chi connectivity index (χ1n) is 8.07. The molecule has 1 atom stereocenters. The summed E-state index contributed by atoms with van der Waals surface area (Å²) >= 11 is 6.21. The molecule has 0 radical (unpaired) electrons. The Hall–Kier alpha value is -1.78. The van der Waals surface area contributed by atoms with Gasteiger partial charge in [0.2, 0.25) is 0 Å². The van der Waals surface area contributed by atoms with Crippen molar-refractivity contribution in [1.82, 2.24) is 4.90 Å². The Morgan fingerprint density at radius 3 is 2.71 bits per heavy atom. The Bertz CT molecular complexity index is 737. The average molecular weight is 349 g/mol. The van der Waals surface area contributed by atoms with Crippen molar-refractivity contribution >= 4 is 17.3 Å². The normalized spacial score (nSPS) is 18.0. The molecule has 5 heteroatoms. The third-order valence-corrected chi connectivity index (χ3v) is 4.90. The van der Waals surface area contributed by atoms with Gasteiger partial charge >= 0.3 is 0 Å². The summed E-state index contributed by atoms with van der Waals surface area (Å²) in [5.74, 6) is 0.397. The Morgan fingerprint density at radius 2 is 2.04 bits per heavy atom. The van der Waals surface area contributed by atoms with Gasteiger partial charge in [-0.3, -0.25) is 4.90 Å². The molecule has 3 rings (SSSR count). The number of benzene rings is 2. The van der Waals surface area contributed by atoms with E-state index in [-0.39, 0.29) is 5.82 Å². The van der Waals surface area contributed by atoms with Crippen LogP contribution in [0.2, 0.25) is 5.02 Å². The van der Waals surface area contributed by atoms with Crippen molar-refractivity contribution in [3.05, 3.63) is 47.2 Å². The fourth-order valence-corrected chi connectivity index (χ4v) is 3.65. The maximum absolute atomic E-state index is 13.9. The molecule has 0 bridgehead atoms. The molecular formula is C19H22ClFN2O. The van der Waals surface area contributed by atoms with Crippen LogP contribution in [-0.4, -0.2) is 38.8 Å². The van der Waals surface area contributed by atoms with Gasteiger partial charge in [0, 0.05) is 23.3 Å². The predicted molar refractivity (Wildman–Crippen MR) is 97.5 cm³/mol. The van der Waals surface area contributed by atoms with Crippen LogP contribution in [0.5, 0.6) is 5.75 Å². The number of anilines is 1. The molecule has 0 amide bonds. The van der Waals surface area contributed by atoms with E-state index in [1.165, 1.54) is 12.5 Å². The molecule has 1 heterocycles. The molecule has 3 nitrogen and oxygen atoms in total. The predicted octanol–water partition coefficient (Wildman–Crippen LogP) is 4.64. The number of hydrogen-bond acceptors (Lipinski definition) is 3. The molecule has 24 heavy (non-hydrogen) atoms. The monoisotopic (exact) mass is 348 g/mol. The minimum Gasteiger partial charge on any atom is -0.497 e. The third-order valence-electron chi connectivity index (χ3n) is 4.69. The van der Waals surface area contributed by atoms with Crippen LogP contribution in [0.1, 0.15) is 12.8 Å². The molecule has 1 aliphatic rings. The summed E-state index contributed by atoms with van der Waals surface area (Å²) in [4.78, 5) is 4.54. The number of nitrogens with zero attached hydrogens (tertiary/aromatic N) is 2. The van der Waals surface area contributed by atoms with E-state index >= 15 is 0 Å². The van der Waals surface area contributed by atoms with Crippen molar-refractivity contribution < 1.29 is 9.13 Å². The van der Waals surface area contributed by atoms with E-state index < -0.39 is 0 Å². The summed E-state index contributed by atoms with van der Waals surface area (Å²) in [6.07, 6.45) is 2.59. The van der Waals surface area contributed by atoms with Gasteiger partial charge in [0.25, 0.3) is 0 Å². The second kappa shape index (κ2) is 6.99. The average Bonchev–Trinajstić information content (AvgIpc) is 2.99. The minimum absolute atomic E-state index is 0.263. The lowest BCUT2D eigenvalue weighted by Crippen LogP contribution is -2.40. The number of methoxy groups -OCH3 is 1. The van der Waals surface area contributed by atoms with Crippen molar-refractivity contribution in [3.63, 3.8) is 0 Å². The number of likely N-dealkylation sites (tertiary alicyclic amines) is 1. The van der Waals surface area contributed by atoms with Gasteiger partial charge in [-0.2, -0.15) is 0 Å². The topological polar surface area (TPSA) is 15.7 Å². The highest BCUT2D eigenvalue weighted by Gasteiger charge is 2.26. The van der Waals surface area contributed by atoms with Gasteiger partial charge in [-0.25, -0.2) is 4.39 Å². The van der Waals surface area contributed by atoms with Crippen molar-refractivity contribution in [2.24, 2.45) is 0 Å². The van der Waals surface area contributed by atoms with Crippen LogP contribution in [0.4, 0.5) is 10.1 Å². The van der Waals surface area contributed by atoms with E-state index in [9.17, 15) is 4.39 Å². The van der Waals surface area contributed by atoms with Gasteiger partial charge in [0.1, 0.15) is 11.6 Å². The largest absolute Gasteiger partial charge is 0.497 e. The Balaban J connectivity index is 2.07. The SMILES string of the molecule is COc1cc(Cl)cc(-c2cc(F)ccc2N(C)[C@H]2CCCN2C)c1. The van der Waals surface area contributed by atoms with Gasteiger partial charge in [-0.05, 0) is 68.4 Å². The van der Waals surface area contributed by atoms with Gasteiger partial charge < -0.3 is 9.64 Å². The zero-order valence-electron chi connectivity index (χ0n) is 14.2. The van der Waals surface area contributed by atoms with E-state index in [1.807, 2.05) is 18.2 Å². The molecule has 1 aliphatic heterocycles. The summed E-state index contributed by atoms with van der Waals surface area (Å²) in [6, 6.07) is 10.4. The maximum Gasteiger partial charge on any atom is 0.123 e. The molecule has 0 N–H and O–H groups in total. The highest BCUT2D eigenvalue weighted by Crippen LogP contribution is 2.37. The van der Waals surface area contributed by atoms with E-state index in [2.05, 4.69) is 23.9 Å². The first kappa shape index (κ1) is 17.1. The van der Waals surface area contributed by atoms with Gasteiger partial charge in [0.15, 0.2) is 0 Å². The zero-order chi connectivity index (χ0) is 17.3. The van der Waals surface area contributed by atoms with Crippen LogP contribution in [0.25, 0.3) is 11.1 Å². The van der Waals surface area contributed by atoms with Gasteiger partial charge in [-0.15, -0.1) is 0 Å². The first-order chi connectivity index (χ1) is 11.5.